The van der Waals surface area contributed by atoms with Crippen molar-refractivity contribution in [1.82, 2.24) is 9.78 Å². The van der Waals surface area contributed by atoms with Gasteiger partial charge in [-0.15, -0.1) is 0 Å². The molecule has 0 fully saturated rings. The number of nitrogens with two attached hydrogens (primary N) is 1. The molecule has 0 bridgehead atoms. The lowest BCUT2D eigenvalue weighted by atomic mass is 10.1. The lowest BCUT2D eigenvalue weighted by Crippen LogP contribution is -2.12. The van der Waals surface area contributed by atoms with Gasteiger partial charge in [0.25, 0.3) is 0 Å². The first kappa shape index (κ1) is 12.6. The second-order valence-corrected chi connectivity index (χ2v) is 5.77. The predicted octanol–water partition coefficient (Wildman–Crippen LogP) is 3.74. The fourth-order valence-corrected chi connectivity index (χ4v) is 3.48. The molecule has 3 rings (SSSR count). The van der Waals surface area contributed by atoms with E-state index in [0.29, 0.717) is 0 Å². The maximum Gasteiger partial charge on any atom is 0.0842 e. The van der Waals surface area contributed by atoms with Crippen LogP contribution in [0, 0.1) is 0 Å². The highest BCUT2D eigenvalue weighted by atomic mass is 79.9. The van der Waals surface area contributed by atoms with E-state index in [2.05, 4.69) is 26.4 Å². The van der Waals surface area contributed by atoms with E-state index in [0.717, 1.165) is 21.4 Å². The van der Waals surface area contributed by atoms with Crippen molar-refractivity contribution in [1.29, 1.82) is 0 Å². The number of rotatable bonds is 3. The Morgan fingerprint density at radius 3 is 2.63 bits per heavy atom. The summed E-state index contributed by atoms with van der Waals surface area (Å²) in [6.07, 6.45) is 1.94. The van der Waals surface area contributed by atoms with Crippen molar-refractivity contribution in [2.75, 3.05) is 0 Å². The highest BCUT2D eigenvalue weighted by Gasteiger charge is 2.15. The van der Waals surface area contributed by atoms with Crippen molar-refractivity contribution in [3.05, 3.63) is 69.1 Å². The molecule has 0 aliphatic rings. The zero-order valence-corrected chi connectivity index (χ0v) is 12.4. The van der Waals surface area contributed by atoms with E-state index < -0.39 is 0 Å². The van der Waals surface area contributed by atoms with Gasteiger partial charge in [-0.1, -0.05) is 18.2 Å². The van der Waals surface area contributed by atoms with Gasteiger partial charge in [-0.3, -0.25) is 0 Å². The average molecular weight is 334 g/mol. The second kappa shape index (κ2) is 5.28. The van der Waals surface area contributed by atoms with Crippen molar-refractivity contribution in [2.45, 2.75) is 6.04 Å². The lowest BCUT2D eigenvalue weighted by molar-refractivity contribution is 0.773. The Kier molecular flexibility index (Phi) is 3.50. The van der Waals surface area contributed by atoms with Gasteiger partial charge in [0.05, 0.1) is 17.4 Å². The molecule has 0 spiro atoms. The second-order valence-electron chi connectivity index (χ2n) is 4.17. The summed E-state index contributed by atoms with van der Waals surface area (Å²) in [5.41, 5.74) is 9.22. The molecule has 0 saturated heterocycles. The van der Waals surface area contributed by atoms with Crippen molar-refractivity contribution >= 4 is 27.3 Å². The van der Waals surface area contributed by atoms with E-state index in [1.807, 2.05) is 52.7 Å². The van der Waals surface area contributed by atoms with Crippen LogP contribution in [-0.2, 0) is 0 Å². The standard InChI is InChI=1S/C14H12BrN3S/c15-12-9-19-8-11(12)14(16)13-6-7-18(17-13)10-4-2-1-3-5-10/h1-9,14H,16H2. The summed E-state index contributed by atoms with van der Waals surface area (Å²) in [7, 11) is 0. The van der Waals surface area contributed by atoms with Gasteiger partial charge in [0.1, 0.15) is 0 Å². The van der Waals surface area contributed by atoms with Gasteiger partial charge < -0.3 is 5.73 Å². The van der Waals surface area contributed by atoms with E-state index >= 15 is 0 Å². The van der Waals surface area contributed by atoms with Crippen LogP contribution >= 0.6 is 27.3 Å². The summed E-state index contributed by atoms with van der Waals surface area (Å²) in [4.78, 5) is 0. The van der Waals surface area contributed by atoms with Crippen LogP contribution in [0.25, 0.3) is 5.69 Å². The number of hydrogen-bond acceptors (Lipinski definition) is 3. The van der Waals surface area contributed by atoms with Crippen molar-refractivity contribution in [3.63, 3.8) is 0 Å². The third-order valence-electron chi connectivity index (χ3n) is 2.93. The number of halogens is 1. The summed E-state index contributed by atoms with van der Waals surface area (Å²) < 4.78 is 2.88. The molecular formula is C14H12BrN3S. The molecule has 3 aromatic rings. The third kappa shape index (κ3) is 2.49. The van der Waals surface area contributed by atoms with Gasteiger partial charge >= 0.3 is 0 Å². The number of nitrogens with zero attached hydrogens (tertiary/aromatic N) is 2. The van der Waals surface area contributed by atoms with E-state index in [4.69, 9.17) is 5.73 Å². The molecule has 0 aliphatic carbocycles. The Morgan fingerprint density at radius 1 is 1.16 bits per heavy atom. The van der Waals surface area contributed by atoms with E-state index in [9.17, 15) is 0 Å². The van der Waals surface area contributed by atoms with E-state index in [1.165, 1.54) is 0 Å². The Hall–Kier alpha value is -1.43. The normalized spacial score (nSPS) is 12.5. The minimum atomic E-state index is -0.203. The third-order valence-corrected chi connectivity index (χ3v) is 4.68. The average Bonchev–Trinajstić information content (AvgIpc) is 3.08. The number of aromatic nitrogens is 2. The zero-order chi connectivity index (χ0) is 13.2. The fourth-order valence-electron chi connectivity index (χ4n) is 1.90. The first-order valence-electron chi connectivity index (χ1n) is 5.84. The maximum absolute atomic E-state index is 6.25. The Bertz CT molecular complexity index is 675. The maximum atomic E-state index is 6.25. The largest absolute Gasteiger partial charge is 0.319 e. The van der Waals surface area contributed by atoms with Crippen LogP contribution in [0.2, 0.25) is 0 Å². The van der Waals surface area contributed by atoms with Crippen LogP contribution in [0.15, 0.2) is 57.8 Å². The summed E-state index contributed by atoms with van der Waals surface area (Å²) in [6, 6.07) is 11.8. The van der Waals surface area contributed by atoms with Crippen molar-refractivity contribution in [2.24, 2.45) is 5.73 Å². The van der Waals surface area contributed by atoms with Crippen LogP contribution in [0.1, 0.15) is 17.3 Å². The molecule has 2 aromatic heterocycles. The molecule has 0 saturated carbocycles. The quantitative estimate of drug-likeness (QED) is 0.793. The van der Waals surface area contributed by atoms with E-state index in [1.54, 1.807) is 11.3 Å². The van der Waals surface area contributed by atoms with Crippen LogP contribution in [0.4, 0.5) is 0 Å². The highest BCUT2D eigenvalue weighted by molar-refractivity contribution is 9.10. The van der Waals surface area contributed by atoms with Gasteiger partial charge in [-0.25, -0.2) is 4.68 Å². The molecule has 1 aromatic carbocycles. The Labute approximate surface area is 123 Å². The van der Waals surface area contributed by atoms with E-state index in [-0.39, 0.29) is 6.04 Å². The molecule has 2 heterocycles. The summed E-state index contributed by atoms with van der Waals surface area (Å²) >= 11 is 5.14. The summed E-state index contributed by atoms with van der Waals surface area (Å²) in [6.45, 7) is 0. The topological polar surface area (TPSA) is 43.8 Å². The predicted molar refractivity (Wildman–Crippen MR) is 81.6 cm³/mol. The molecule has 1 unspecified atom stereocenters. The smallest absolute Gasteiger partial charge is 0.0842 e. The monoisotopic (exact) mass is 333 g/mol. The van der Waals surface area contributed by atoms with Crippen LogP contribution in [-0.4, -0.2) is 9.78 Å². The summed E-state index contributed by atoms with van der Waals surface area (Å²) in [5, 5.41) is 8.64. The van der Waals surface area contributed by atoms with Crippen molar-refractivity contribution < 1.29 is 0 Å². The van der Waals surface area contributed by atoms with Gasteiger partial charge in [-0.05, 0) is 45.1 Å². The number of thiophene rings is 1. The molecule has 96 valence electrons. The molecule has 0 radical (unpaired) electrons. The molecule has 0 aliphatic heterocycles. The highest BCUT2D eigenvalue weighted by Crippen LogP contribution is 2.29. The van der Waals surface area contributed by atoms with Gasteiger partial charge in [-0.2, -0.15) is 16.4 Å². The minimum absolute atomic E-state index is 0.203. The van der Waals surface area contributed by atoms with Crippen LogP contribution in [0.3, 0.4) is 0 Å². The molecule has 0 amide bonds. The number of hydrogen-bond donors (Lipinski definition) is 1. The Balaban J connectivity index is 1.92. The number of para-hydroxylation sites is 1. The lowest BCUT2D eigenvalue weighted by Gasteiger charge is -2.07. The van der Waals surface area contributed by atoms with Crippen LogP contribution in [0.5, 0.6) is 0 Å². The zero-order valence-electron chi connectivity index (χ0n) is 10.0. The van der Waals surface area contributed by atoms with Crippen molar-refractivity contribution in [3.8, 4) is 5.69 Å². The molecule has 3 nitrogen and oxygen atoms in total. The first-order valence-corrected chi connectivity index (χ1v) is 7.57. The minimum Gasteiger partial charge on any atom is -0.319 e. The molecule has 2 N–H and O–H groups in total. The van der Waals surface area contributed by atoms with Gasteiger partial charge in [0, 0.05) is 16.0 Å². The molecule has 1 atom stereocenters. The molecular weight excluding hydrogens is 322 g/mol. The van der Waals surface area contributed by atoms with Crippen LogP contribution < -0.4 is 5.73 Å². The van der Waals surface area contributed by atoms with Gasteiger partial charge in [0.2, 0.25) is 0 Å². The summed E-state index contributed by atoms with van der Waals surface area (Å²) in [5.74, 6) is 0. The number of benzene rings is 1. The fraction of sp³-hybridized carbons (Fsp3) is 0.0714. The van der Waals surface area contributed by atoms with Gasteiger partial charge in [0.15, 0.2) is 0 Å². The molecule has 5 heteroatoms. The molecule has 19 heavy (non-hydrogen) atoms. The first-order chi connectivity index (χ1) is 9.25. The Morgan fingerprint density at radius 2 is 1.95 bits per heavy atom. The SMILES string of the molecule is NC(c1ccn(-c2ccccc2)n1)c1cscc1Br.